The van der Waals surface area contributed by atoms with Crippen molar-refractivity contribution in [1.29, 1.82) is 0 Å². The second-order valence-electron chi connectivity index (χ2n) is 22.2. The first-order valence-corrected chi connectivity index (χ1v) is 28.7. The van der Waals surface area contributed by atoms with Gasteiger partial charge >= 0.3 is 0 Å². The molecule has 12 aromatic carbocycles. The first-order chi connectivity index (χ1) is 42.4. The van der Waals surface area contributed by atoms with Gasteiger partial charge in [0.1, 0.15) is 0 Å². The highest BCUT2D eigenvalue weighted by atomic mass is 16.2. The topological polar surface area (TPSA) is 94.5 Å². The SMILES string of the molecule is O=C1c2cc(-n3c4ccccc4c4ccccc43)c(-n3c4ccccc4c4ccccc43)cc2C(=O)N1c1cccc(-c2cccc(N3C(=O)c4cc(-n5c6ccccc6c6ccccc65)c(-n5c6ccccc6c6ccccc65)cc4C3=O)c2)c1. The Morgan fingerprint density at radius 1 is 0.198 bits per heavy atom. The third-order valence-electron chi connectivity index (χ3n) is 17.8. The van der Waals surface area contributed by atoms with Crippen molar-refractivity contribution in [3.8, 4) is 33.9 Å². The monoisotopic (exact) mass is 1100 g/mol. The van der Waals surface area contributed by atoms with Crippen molar-refractivity contribution < 1.29 is 19.2 Å². The van der Waals surface area contributed by atoms with Gasteiger partial charge in [0.15, 0.2) is 0 Å². The predicted octanol–water partition coefficient (Wildman–Crippen LogP) is 17.3. The first kappa shape index (κ1) is 47.7. The van der Waals surface area contributed by atoms with Crippen LogP contribution in [0.5, 0.6) is 0 Å². The van der Waals surface area contributed by atoms with Crippen LogP contribution in [0.25, 0.3) is 121 Å². The quantitative estimate of drug-likeness (QED) is 0.149. The number of anilines is 2. The van der Waals surface area contributed by atoms with Crippen LogP contribution in [-0.2, 0) is 0 Å². The third kappa shape index (κ3) is 6.54. The number of rotatable bonds is 7. The molecule has 0 N–H and O–H groups in total. The summed E-state index contributed by atoms with van der Waals surface area (Å²) in [5.74, 6) is -1.78. The Balaban J connectivity index is 0.752. The van der Waals surface area contributed by atoms with Crippen LogP contribution in [0.4, 0.5) is 11.4 Å². The van der Waals surface area contributed by atoms with Crippen molar-refractivity contribution in [2.45, 2.75) is 0 Å². The molecule has 0 unspecified atom stereocenters. The van der Waals surface area contributed by atoms with Gasteiger partial charge in [-0.15, -0.1) is 0 Å². The van der Waals surface area contributed by atoms with Gasteiger partial charge < -0.3 is 18.3 Å². The van der Waals surface area contributed by atoms with E-state index in [4.69, 9.17) is 0 Å². The van der Waals surface area contributed by atoms with Crippen LogP contribution in [0.15, 0.2) is 267 Å². The molecule has 0 fully saturated rings. The van der Waals surface area contributed by atoms with Crippen LogP contribution in [-0.4, -0.2) is 41.9 Å². The van der Waals surface area contributed by atoms with Gasteiger partial charge in [-0.3, -0.25) is 19.2 Å². The van der Waals surface area contributed by atoms with Gasteiger partial charge in [-0.05, 0) is 108 Å². The number of amides is 4. The lowest BCUT2D eigenvalue weighted by molar-refractivity contribution is 0.0910. The predicted molar refractivity (Wildman–Crippen MR) is 344 cm³/mol. The zero-order valence-corrected chi connectivity index (χ0v) is 45.7. The largest absolute Gasteiger partial charge is 0.307 e. The van der Waals surface area contributed by atoms with Crippen LogP contribution in [0.3, 0.4) is 0 Å². The van der Waals surface area contributed by atoms with E-state index < -0.39 is 23.6 Å². The maximum absolute atomic E-state index is 15.2. The maximum atomic E-state index is 15.2. The summed E-state index contributed by atoms with van der Waals surface area (Å²) in [6.07, 6.45) is 0. The molecule has 10 heteroatoms. The summed E-state index contributed by atoms with van der Waals surface area (Å²) in [4.78, 5) is 63.3. The van der Waals surface area contributed by atoms with Crippen LogP contribution in [0.1, 0.15) is 41.4 Å². The first-order valence-electron chi connectivity index (χ1n) is 28.7. The number of hydrogen-bond acceptors (Lipinski definition) is 4. The molecule has 0 radical (unpaired) electrons. The van der Waals surface area contributed by atoms with Crippen molar-refractivity contribution in [2.75, 3.05) is 9.80 Å². The lowest BCUT2D eigenvalue weighted by atomic mass is 10.0. The van der Waals surface area contributed by atoms with Crippen molar-refractivity contribution >= 4 is 122 Å². The lowest BCUT2D eigenvalue weighted by Crippen LogP contribution is -2.29. The van der Waals surface area contributed by atoms with Crippen molar-refractivity contribution in [3.63, 3.8) is 0 Å². The highest BCUT2D eigenvalue weighted by molar-refractivity contribution is 6.36. The molecule has 0 spiro atoms. The Labute approximate surface area is 490 Å². The smallest absolute Gasteiger partial charge is 0.266 e. The molecule has 2 aliphatic rings. The van der Waals surface area contributed by atoms with E-state index in [2.05, 4.69) is 115 Å². The Bertz CT molecular complexity index is 4860. The molecule has 18 rings (SSSR count). The van der Waals surface area contributed by atoms with E-state index in [-0.39, 0.29) is 22.3 Å². The number of fused-ring (bicyclic) bond motifs is 14. The van der Waals surface area contributed by atoms with Crippen molar-refractivity contribution in [2.24, 2.45) is 0 Å². The normalized spacial score (nSPS) is 13.4. The van der Waals surface area contributed by atoms with Crippen molar-refractivity contribution in [3.05, 3.63) is 289 Å². The Kier molecular flexibility index (Phi) is 9.89. The minimum atomic E-state index is -0.446. The number of hydrogen-bond donors (Lipinski definition) is 0. The van der Waals surface area contributed by atoms with E-state index in [1.54, 1.807) is 12.1 Å². The summed E-state index contributed by atoms with van der Waals surface area (Å²) in [6, 6.07) is 88.4. The molecule has 10 nitrogen and oxygen atoms in total. The molecule has 6 heterocycles. The Morgan fingerprint density at radius 3 is 0.605 bits per heavy atom. The molecule has 4 amide bonds. The van der Waals surface area contributed by atoms with E-state index in [1.165, 1.54) is 9.80 Å². The fourth-order valence-electron chi connectivity index (χ4n) is 14.1. The van der Waals surface area contributed by atoms with E-state index in [1.807, 2.05) is 158 Å². The summed E-state index contributed by atoms with van der Waals surface area (Å²) < 4.78 is 8.84. The number of carbonyl (C=O) groups excluding carboxylic acids is 4. The van der Waals surface area contributed by atoms with E-state index in [0.717, 1.165) is 110 Å². The van der Waals surface area contributed by atoms with Gasteiger partial charge in [0, 0.05) is 43.1 Å². The van der Waals surface area contributed by atoms with Crippen molar-refractivity contribution in [1.82, 2.24) is 18.3 Å². The summed E-state index contributed by atoms with van der Waals surface area (Å²) in [6.45, 7) is 0. The number of para-hydroxylation sites is 8. The molecule has 0 atom stereocenters. The second kappa shape index (κ2) is 17.8. The third-order valence-corrected chi connectivity index (χ3v) is 17.8. The molecule has 16 aromatic rings. The molecule has 402 valence electrons. The number of benzene rings is 12. The van der Waals surface area contributed by atoms with E-state index in [9.17, 15) is 0 Å². The molecule has 0 saturated carbocycles. The van der Waals surface area contributed by atoms with Gasteiger partial charge in [-0.25, -0.2) is 9.80 Å². The fourth-order valence-corrected chi connectivity index (χ4v) is 14.1. The van der Waals surface area contributed by atoms with E-state index >= 15 is 19.2 Å². The van der Waals surface area contributed by atoms with Crippen LogP contribution in [0, 0.1) is 0 Å². The lowest BCUT2D eigenvalue weighted by Gasteiger charge is -2.18. The highest BCUT2D eigenvalue weighted by Crippen LogP contribution is 2.45. The summed E-state index contributed by atoms with van der Waals surface area (Å²) in [5, 5.41) is 8.55. The molecule has 86 heavy (non-hydrogen) atoms. The van der Waals surface area contributed by atoms with Gasteiger partial charge in [-0.1, -0.05) is 170 Å². The molecule has 2 aliphatic heterocycles. The molecular formula is C76H44N6O4. The number of nitrogens with zero attached hydrogens (tertiary/aromatic N) is 6. The average molecular weight is 1110 g/mol. The standard InChI is InChI=1S/C76H44N6O4/c83-73-57-41-69(79-61-31-9-1-23-49(61)50-24-2-10-32-62(50)79)70(80-63-33-11-3-25-51(63)52-26-4-12-34-64(52)80)42-58(57)74(84)77(73)47-21-17-19-45(39-47)46-20-18-22-48(40-46)78-75(85)59-43-71(81-65-35-13-5-27-53(65)54-28-6-14-36-66(54)81)72(44-60(59)76(78)86)82-67-37-15-7-29-55(67)56-30-8-16-38-68(56)82/h1-44H. The number of imide groups is 2. The van der Waals surface area contributed by atoms with Gasteiger partial charge in [0.2, 0.25) is 0 Å². The van der Waals surface area contributed by atoms with Gasteiger partial charge in [0.05, 0.1) is 101 Å². The van der Waals surface area contributed by atoms with Crippen LogP contribution >= 0.6 is 0 Å². The minimum Gasteiger partial charge on any atom is -0.307 e. The molecular weight excluding hydrogens is 1060 g/mol. The second-order valence-corrected chi connectivity index (χ2v) is 22.2. The molecule has 0 aliphatic carbocycles. The van der Waals surface area contributed by atoms with Gasteiger partial charge in [0.25, 0.3) is 23.6 Å². The summed E-state index contributed by atoms with van der Waals surface area (Å²) in [7, 11) is 0. The van der Waals surface area contributed by atoms with E-state index in [0.29, 0.717) is 22.5 Å². The minimum absolute atomic E-state index is 0.289. The maximum Gasteiger partial charge on any atom is 0.266 e. The molecule has 0 bridgehead atoms. The zero-order chi connectivity index (χ0) is 57.1. The Morgan fingerprint density at radius 2 is 0.395 bits per heavy atom. The number of carbonyl (C=O) groups is 4. The van der Waals surface area contributed by atoms with Crippen LogP contribution < -0.4 is 9.80 Å². The summed E-state index contributed by atoms with van der Waals surface area (Å²) >= 11 is 0. The fraction of sp³-hybridized carbons (Fsp3) is 0. The zero-order valence-electron chi connectivity index (χ0n) is 45.7. The Hall–Kier alpha value is -11.9. The number of aromatic nitrogens is 4. The molecule has 0 saturated heterocycles. The summed E-state index contributed by atoms with van der Waals surface area (Å²) in [5.41, 5.74) is 14.0. The average Bonchev–Trinajstić information content (AvgIpc) is 1.66. The van der Waals surface area contributed by atoms with Gasteiger partial charge in [-0.2, -0.15) is 0 Å². The highest BCUT2D eigenvalue weighted by Gasteiger charge is 2.41. The van der Waals surface area contributed by atoms with Crippen LogP contribution in [0.2, 0.25) is 0 Å². The molecule has 4 aromatic heterocycles.